The lowest BCUT2D eigenvalue weighted by Gasteiger charge is -2.32. The summed E-state index contributed by atoms with van der Waals surface area (Å²) in [5.74, 6) is 0.905. The largest absolute Gasteiger partial charge is 0.494 e. The monoisotopic (exact) mass is 286 g/mol. The van der Waals surface area contributed by atoms with Crippen molar-refractivity contribution in [2.45, 2.75) is 58.3 Å². The van der Waals surface area contributed by atoms with E-state index >= 15 is 0 Å². The van der Waals surface area contributed by atoms with E-state index in [1.807, 2.05) is 12.1 Å². The first-order chi connectivity index (χ1) is 9.60. The Morgan fingerprint density at radius 1 is 0.905 bits per heavy atom. The second kappa shape index (κ2) is 4.37. The minimum Gasteiger partial charge on any atom is -0.483 e. The summed E-state index contributed by atoms with van der Waals surface area (Å²) in [6, 6.07) is 6.11. The highest BCUT2D eigenvalue weighted by atomic mass is 16.7. The van der Waals surface area contributed by atoms with E-state index in [0.29, 0.717) is 0 Å². The molecule has 0 amide bonds. The van der Waals surface area contributed by atoms with Crippen molar-refractivity contribution < 1.29 is 14.0 Å². The Labute approximate surface area is 127 Å². The minimum atomic E-state index is -0.330. The van der Waals surface area contributed by atoms with Gasteiger partial charge in [0.05, 0.1) is 11.2 Å². The van der Waals surface area contributed by atoms with Crippen LogP contribution < -0.4 is 10.2 Å². The van der Waals surface area contributed by atoms with Gasteiger partial charge in [0.15, 0.2) is 0 Å². The maximum absolute atomic E-state index is 6.09. The van der Waals surface area contributed by atoms with Crippen molar-refractivity contribution in [2.75, 3.05) is 0 Å². The lowest BCUT2D eigenvalue weighted by molar-refractivity contribution is 0.00578. The van der Waals surface area contributed by atoms with E-state index in [1.54, 1.807) is 0 Å². The van der Waals surface area contributed by atoms with E-state index in [0.717, 1.165) is 16.8 Å². The van der Waals surface area contributed by atoms with E-state index in [-0.39, 0.29) is 23.9 Å². The third kappa shape index (κ3) is 2.51. The van der Waals surface area contributed by atoms with Crippen molar-refractivity contribution in [3.63, 3.8) is 0 Å². The molecular formula is C17H23BO3. The fourth-order valence-electron chi connectivity index (χ4n) is 2.52. The van der Waals surface area contributed by atoms with E-state index in [1.165, 1.54) is 0 Å². The predicted octanol–water partition coefficient (Wildman–Crippen LogP) is 3.17. The Balaban J connectivity index is 1.90. The molecule has 0 N–H and O–H groups in total. The summed E-state index contributed by atoms with van der Waals surface area (Å²) >= 11 is 0. The molecule has 3 nitrogen and oxygen atoms in total. The van der Waals surface area contributed by atoms with Crippen LogP contribution in [0.4, 0.5) is 0 Å². The van der Waals surface area contributed by atoms with Gasteiger partial charge in [-0.3, -0.25) is 0 Å². The number of hydrogen-bond acceptors (Lipinski definition) is 3. The van der Waals surface area contributed by atoms with Crippen LogP contribution in [0.15, 0.2) is 24.3 Å². The van der Waals surface area contributed by atoms with E-state index in [2.05, 4.69) is 59.8 Å². The van der Waals surface area contributed by atoms with Gasteiger partial charge in [-0.25, -0.2) is 0 Å². The predicted molar refractivity (Wildman–Crippen MR) is 85.9 cm³/mol. The van der Waals surface area contributed by atoms with Crippen molar-refractivity contribution in [3.05, 3.63) is 29.8 Å². The summed E-state index contributed by atoms with van der Waals surface area (Å²) in [6.45, 7) is 12.4. The van der Waals surface area contributed by atoms with Gasteiger partial charge in [0.25, 0.3) is 0 Å². The molecule has 21 heavy (non-hydrogen) atoms. The Hall–Kier alpha value is -1.26. The van der Waals surface area contributed by atoms with Crippen molar-refractivity contribution in [1.82, 2.24) is 0 Å². The Morgan fingerprint density at radius 3 is 2.14 bits per heavy atom. The molecule has 4 heteroatoms. The molecule has 0 spiro atoms. The van der Waals surface area contributed by atoms with Crippen molar-refractivity contribution >= 4 is 18.7 Å². The summed E-state index contributed by atoms with van der Waals surface area (Å²) in [5, 5.41) is 0. The van der Waals surface area contributed by atoms with Crippen LogP contribution in [0, 0.1) is 0 Å². The van der Waals surface area contributed by atoms with Crippen LogP contribution in [-0.2, 0) is 9.31 Å². The lowest BCUT2D eigenvalue weighted by atomic mass is 9.78. The van der Waals surface area contributed by atoms with Crippen molar-refractivity contribution in [3.8, 4) is 5.75 Å². The van der Waals surface area contributed by atoms with E-state index < -0.39 is 0 Å². The highest BCUT2D eigenvalue weighted by molar-refractivity contribution is 6.62. The maximum atomic E-state index is 6.09. The molecule has 3 rings (SSSR count). The number of rotatable bonds is 1. The molecule has 0 atom stereocenters. The molecule has 0 aromatic heterocycles. The third-order valence-corrected chi connectivity index (χ3v) is 4.60. The molecule has 0 saturated carbocycles. The molecule has 1 saturated heterocycles. The molecule has 2 heterocycles. The first kappa shape index (κ1) is 14.7. The highest BCUT2D eigenvalue weighted by Crippen LogP contribution is 2.37. The molecule has 0 aliphatic carbocycles. The second-order valence-electron chi connectivity index (χ2n) is 7.42. The third-order valence-electron chi connectivity index (χ3n) is 4.60. The van der Waals surface area contributed by atoms with Gasteiger partial charge >= 0.3 is 7.12 Å². The highest BCUT2D eigenvalue weighted by Gasteiger charge is 2.51. The zero-order valence-electron chi connectivity index (χ0n) is 13.7. The van der Waals surface area contributed by atoms with Gasteiger partial charge in [-0.15, -0.1) is 0 Å². The average Bonchev–Trinajstić information content (AvgIpc) is 2.57. The topological polar surface area (TPSA) is 27.7 Å². The number of hydrogen-bond donors (Lipinski definition) is 0. The van der Waals surface area contributed by atoms with Gasteiger partial charge in [-0.1, -0.05) is 18.2 Å². The van der Waals surface area contributed by atoms with Crippen LogP contribution in [-0.4, -0.2) is 23.9 Å². The first-order valence-corrected chi connectivity index (χ1v) is 7.48. The van der Waals surface area contributed by atoms with E-state index in [4.69, 9.17) is 14.0 Å². The zero-order chi connectivity index (χ0) is 15.5. The standard InChI is InChI=1S/C17H23BO3/c1-15(2)10-9-12-11-13(7-8-14(12)19-15)18-20-16(3,4)17(5,6)21-18/h7-11H,1-6H3. The summed E-state index contributed by atoms with van der Waals surface area (Å²) in [4.78, 5) is 0. The summed E-state index contributed by atoms with van der Waals surface area (Å²) in [5.41, 5.74) is 1.21. The molecule has 112 valence electrons. The lowest BCUT2D eigenvalue weighted by Crippen LogP contribution is -2.41. The van der Waals surface area contributed by atoms with Gasteiger partial charge in [-0.2, -0.15) is 0 Å². The van der Waals surface area contributed by atoms with Crippen molar-refractivity contribution in [1.29, 1.82) is 0 Å². The molecule has 0 bridgehead atoms. The fourth-order valence-corrected chi connectivity index (χ4v) is 2.52. The first-order valence-electron chi connectivity index (χ1n) is 7.48. The summed E-state index contributed by atoms with van der Waals surface area (Å²) < 4.78 is 18.1. The van der Waals surface area contributed by atoms with Gasteiger partial charge < -0.3 is 14.0 Å². The molecule has 0 unspecified atom stereocenters. The van der Waals surface area contributed by atoms with E-state index in [9.17, 15) is 0 Å². The normalized spacial score (nSPS) is 24.6. The molecule has 0 radical (unpaired) electrons. The number of fused-ring (bicyclic) bond motifs is 1. The number of benzene rings is 1. The van der Waals surface area contributed by atoms with Crippen LogP contribution in [0.2, 0.25) is 0 Å². The molecule has 2 aliphatic rings. The van der Waals surface area contributed by atoms with Crippen LogP contribution in [0.5, 0.6) is 5.75 Å². The van der Waals surface area contributed by atoms with Crippen molar-refractivity contribution in [2.24, 2.45) is 0 Å². The molecule has 2 aliphatic heterocycles. The molecular weight excluding hydrogens is 263 g/mol. The van der Waals surface area contributed by atoms with Crippen LogP contribution in [0.25, 0.3) is 6.08 Å². The quantitative estimate of drug-likeness (QED) is 0.742. The summed E-state index contributed by atoms with van der Waals surface area (Å²) in [6.07, 6.45) is 4.18. The maximum Gasteiger partial charge on any atom is 0.494 e. The molecule has 1 aromatic carbocycles. The van der Waals surface area contributed by atoms with Gasteiger partial charge in [-0.05, 0) is 59.1 Å². The second-order valence-corrected chi connectivity index (χ2v) is 7.42. The SMILES string of the molecule is CC1(C)C=Cc2cc(B3OC(C)(C)C(C)(C)O3)ccc2O1. The van der Waals surface area contributed by atoms with Crippen LogP contribution in [0.1, 0.15) is 47.1 Å². The average molecular weight is 286 g/mol. The Bertz CT molecular complexity index is 586. The zero-order valence-corrected chi connectivity index (χ0v) is 13.7. The number of ether oxygens (including phenoxy) is 1. The summed E-state index contributed by atoms with van der Waals surface area (Å²) in [7, 11) is -0.330. The minimum absolute atomic E-state index is 0.251. The Kier molecular flexibility index (Phi) is 3.05. The molecule has 1 fully saturated rings. The Morgan fingerprint density at radius 2 is 1.52 bits per heavy atom. The van der Waals surface area contributed by atoms with Gasteiger partial charge in [0.1, 0.15) is 11.4 Å². The van der Waals surface area contributed by atoms with Crippen LogP contribution in [0.3, 0.4) is 0 Å². The van der Waals surface area contributed by atoms with Gasteiger partial charge in [0.2, 0.25) is 0 Å². The molecule has 1 aromatic rings. The van der Waals surface area contributed by atoms with Gasteiger partial charge in [0, 0.05) is 5.56 Å². The fraction of sp³-hybridized carbons (Fsp3) is 0.529. The van der Waals surface area contributed by atoms with Crippen LogP contribution >= 0.6 is 0 Å². The smallest absolute Gasteiger partial charge is 0.483 e.